The summed E-state index contributed by atoms with van der Waals surface area (Å²) in [7, 11) is 0. The first-order chi connectivity index (χ1) is 13.7. The number of nitrogens with one attached hydrogen (secondary N) is 2. The lowest BCUT2D eigenvalue weighted by Crippen LogP contribution is -2.39. The molecule has 0 unspecified atom stereocenters. The smallest absolute Gasteiger partial charge is 0.225 e. The van der Waals surface area contributed by atoms with E-state index < -0.39 is 0 Å². The van der Waals surface area contributed by atoms with Gasteiger partial charge in [0.1, 0.15) is 0 Å². The Morgan fingerprint density at radius 1 is 1.17 bits per heavy atom. The Morgan fingerprint density at radius 2 is 1.93 bits per heavy atom. The molecule has 0 aromatic heterocycles. The SMILES string of the molecule is CCNC(=NCc1cccc(NC(=O)CCN2CCOCC2)c1)N1CCCC1.I. The van der Waals surface area contributed by atoms with Gasteiger partial charge in [0.2, 0.25) is 5.91 Å². The molecule has 2 N–H and O–H groups in total. The lowest BCUT2D eigenvalue weighted by molar-refractivity contribution is -0.116. The maximum Gasteiger partial charge on any atom is 0.225 e. The summed E-state index contributed by atoms with van der Waals surface area (Å²) < 4.78 is 5.34. The third kappa shape index (κ3) is 8.10. The number of ether oxygens (including phenoxy) is 1. The van der Waals surface area contributed by atoms with Crippen molar-refractivity contribution in [3.8, 4) is 0 Å². The highest BCUT2D eigenvalue weighted by molar-refractivity contribution is 14.0. The number of carbonyl (C=O) groups excluding carboxylic acids is 1. The fraction of sp³-hybridized carbons (Fsp3) is 0.619. The minimum atomic E-state index is 0. The van der Waals surface area contributed by atoms with Gasteiger partial charge in [0.15, 0.2) is 5.96 Å². The quantitative estimate of drug-likeness (QED) is 0.332. The molecule has 29 heavy (non-hydrogen) atoms. The summed E-state index contributed by atoms with van der Waals surface area (Å²) in [6, 6.07) is 7.99. The van der Waals surface area contributed by atoms with E-state index >= 15 is 0 Å². The van der Waals surface area contributed by atoms with Crippen LogP contribution in [-0.4, -0.2) is 74.1 Å². The van der Waals surface area contributed by atoms with Gasteiger partial charge >= 0.3 is 0 Å². The molecule has 3 rings (SSSR count). The molecule has 2 aliphatic rings. The van der Waals surface area contributed by atoms with Crippen LogP contribution in [0.1, 0.15) is 31.7 Å². The highest BCUT2D eigenvalue weighted by atomic mass is 127. The van der Waals surface area contributed by atoms with Gasteiger partial charge in [-0.1, -0.05) is 12.1 Å². The van der Waals surface area contributed by atoms with Crippen LogP contribution in [0.25, 0.3) is 0 Å². The number of halogens is 1. The summed E-state index contributed by atoms with van der Waals surface area (Å²) in [6.45, 7) is 9.84. The van der Waals surface area contributed by atoms with E-state index in [4.69, 9.17) is 9.73 Å². The van der Waals surface area contributed by atoms with Crippen LogP contribution < -0.4 is 10.6 Å². The van der Waals surface area contributed by atoms with Gasteiger partial charge < -0.3 is 20.3 Å². The van der Waals surface area contributed by atoms with E-state index in [-0.39, 0.29) is 29.9 Å². The van der Waals surface area contributed by atoms with Crippen LogP contribution in [0.15, 0.2) is 29.3 Å². The second-order valence-corrected chi connectivity index (χ2v) is 7.32. The Morgan fingerprint density at radius 3 is 2.66 bits per heavy atom. The lowest BCUT2D eigenvalue weighted by atomic mass is 10.2. The van der Waals surface area contributed by atoms with Gasteiger partial charge in [-0.05, 0) is 37.5 Å². The van der Waals surface area contributed by atoms with E-state index in [1.807, 2.05) is 18.2 Å². The van der Waals surface area contributed by atoms with Gasteiger partial charge in [-0.3, -0.25) is 9.69 Å². The first-order valence-electron chi connectivity index (χ1n) is 10.5. The topological polar surface area (TPSA) is 69.2 Å². The molecule has 1 amide bonds. The van der Waals surface area contributed by atoms with E-state index in [1.54, 1.807) is 0 Å². The third-order valence-electron chi connectivity index (χ3n) is 5.12. The molecule has 0 spiro atoms. The number of likely N-dealkylation sites (tertiary alicyclic amines) is 1. The van der Waals surface area contributed by atoms with E-state index in [0.717, 1.165) is 69.7 Å². The Balaban J connectivity index is 0.00000300. The first-order valence-corrected chi connectivity index (χ1v) is 10.5. The summed E-state index contributed by atoms with van der Waals surface area (Å²) >= 11 is 0. The number of hydrogen-bond donors (Lipinski definition) is 2. The van der Waals surface area contributed by atoms with Crippen molar-refractivity contribution in [2.45, 2.75) is 32.7 Å². The summed E-state index contributed by atoms with van der Waals surface area (Å²) in [4.78, 5) is 21.7. The van der Waals surface area contributed by atoms with Crippen molar-refractivity contribution in [2.75, 3.05) is 57.8 Å². The molecule has 2 heterocycles. The van der Waals surface area contributed by atoms with E-state index in [1.165, 1.54) is 12.8 Å². The number of morpholine rings is 1. The number of hydrogen-bond acceptors (Lipinski definition) is 4. The maximum atomic E-state index is 12.3. The van der Waals surface area contributed by atoms with Crippen molar-refractivity contribution in [1.82, 2.24) is 15.1 Å². The van der Waals surface area contributed by atoms with E-state index in [9.17, 15) is 4.79 Å². The molecule has 0 aliphatic carbocycles. The summed E-state index contributed by atoms with van der Waals surface area (Å²) in [5.41, 5.74) is 1.94. The Labute approximate surface area is 191 Å². The monoisotopic (exact) mass is 515 g/mol. The lowest BCUT2D eigenvalue weighted by Gasteiger charge is -2.26. The normalized spacial score (nSPS) is 17.7. The van der Waals surface area contributed by atoms with Crippen molar-refractivity contribution >= 4 is 41.5 Å². The number of anilines is 1. The van der Waals surface area contributed by atoms with Gasteiger partial charge in [0.05, 0.1) is 19.8 Å². The molecule has 8 heteroatoms. The number of rotatable bonds is 7. The predicted molar refractivity (Wildman–Crippen MR) is 128 cm³/mol. The molecule has 1 aromatic carbocycles. The van der Waals surface area contributed by atoms with Crippen LogP contribution in [0.5, 0.6) is 0 Å². The fourth-order valence-corrected chi connectivity index (χ4v) is 3.58. The molecular weight excluding hydrogens is 481 g/mol. The second kappa shape index (κ2) is 13.0. The van der Waals surface area contributed by atoms with Crippen LogP contribution in [0.2, 0.25) is 0 Å². The van der Waals surface area contributed by atoms with Crippen LogP contribution in [0, 0.1) is 0 Å². The highest BCUT2D eigenvalue weighted by Crippen LogP contribution is 2.13. The summed E-state index contributed by atoms with van der Waals surface area (Å²) in [5.74, 6) is 1.04. The number of aliphatic imine (C=N–C) groups is 1. The minimum absolute atomic E-state index is 0. The standard InChI is InChI=1S/C21H33N5O2.HI/c1-2-22-21(26-9-3-4-10-26)23-17-18-6-5-7-19(16-18)24-20(27)8-11-25-12-14-28-15-13-25;/h5-7,16H,2-4,8-15,17H2,1H3,(H,22,23)(H,24,27);1H. The zero-order valence-corrected chi connectivity index (χ0v) is 19.7. The van der Waals surface area contributed by atoms with Crippen LogP contribution >= 0.6 is 24.0 Å². The second-order valence-electron chi connectivity index (χ2n) is 7.32. The average Bonchev–Trinajstić information content (AvgIpc) is 3.25. The molecule has 162 valence electrons. The Bertz CT molecular complexity index is 658. The van der Waals surface area contributed by atoms with Crippen molar-refractivity contribution in [1.29, 1.82) is 0 Å². The van der Waals surface area contributed by atoms with Crippen LogP contribution in [0.4, 0.5) is 5.69 Å². The first kappa shape index (κ1) is 23.9. The van der Waals surface area contributed by atoms with Gasteiger partial charge in [0, 0.05) is 51.4 Å². The largest absolute Gasteiger partial charge is 0.379 e. The number of nitrogens with zero attached hydrogens (tertiary/aromatic N) is 3. The molecule has 1 aromatic rings. The Hall–Kier alpha value is -1.39. The van der Waals surface area contributed by atoms with E-state index in [2.05, 4.69) is 33.4 Å². The van der Waals surface area contributed by atoms with Crippen molar-refractivity contribution in [2.24, 2.45) is 4.99 Å². The minimum Gasteiger partial charge on any atom is -0.379 e. The predicted octanol–water partition coefficient (Wildman–Crippen LogP) is 2.53. The molecular formula is C21H34IN5O2. The molecule has 0 radical (unpaired) electrons. The van der Waals surface area contributed by atoms with Gasteiger partial charge in [-0.25, -0.2) is 4.99 Å². The number of carbonyl (C=O) groups is 1. The molecule has 0 bridgehead atoms. The zero-order valence-electron chi connectivity index (χ0n) is 17.4. The molecule has 2 saturated heterocycles. The van der Waals surface area contributed by atoms with Gasteiger partial charge in [-0.2, -0.15) is 0 Å². The van der Waals surface area contributed by atoms with Crippen molar-refractivity contribution < 1.29 is 9.53 Å². The molecule has 7 nitrogen and oxygen atoms in total. The molecule has 0 atom stereocenters. The zero-order chi connectivity index (χ0) is 19.6. The van der Waals surface area contributed by atoms with Crippen LogP contribution in [0.3, 0.4) is 0 Å². The highest BCUT2D eigenvalue weighted by Gasteiger charge is 2.15. The van der Waals surface area contributed by atoms with Gasteiger partial charge in [-0.15, -0.1) is 24.0 Å². The Kier molecular flexibility index (Phi) is 10.7. The number of benzene rings is 1. The number of guanidine groups is 1. The van der Waals surface area contributed by atoms with Crippen molar-refractivity contribution in [3.05, 3.63) is 29.8 Å². The van der Waals surface area contributed by atoms with Crippen molar-refractivity contribution in [3.63, 3.8) is 0 Å². The third-order valence-corrected chi connectivity index (χ3v) is 5.12. The number of amides is 1. The molecule has 0 saturated carbocycles. The molecule has 2 fully saturated rings. The fourth-order valence-electron chi connectivity index (χ4n) is 3.58. The van der Waals surface area contributed by atoms with Gasteiger partial charge in [0.25, 0.3) is 0 Å². The maximum absolute atomic E-state index is 12.3. The summed E-state index contributed by atoms with van der Waals surface area (Å²) in [5, 5.41) is 6.40. The molecule has 2 aliphatic heterocycles. The van der Waals surface area contributed by atoms with E-state index in [0.29, 0.717) is 13.0 Å². The van der Waals surface area contributed by atoms with Crippen LogP contribution in [-0.2, 0) is 16.1 Å². The average molecular weight is 515 g/mol. The summed E-state index contributed by atoms with van der Waals surface area (Å²) in [6.07, 6.45) is 2.97.